The summed E-state index contributed by atoms with van der Waals surface area (Å²) in [7, 11) is 2.08. The van der Waals surface area contributed by atoms with Crippen LogP contribution in [0, 0.1) is 11.7 Å². The Balaban J connectivity index is 2.00. The Morgan fingerprint density at radius 1 is 1.39 bits per heavy atom. The van der Waals surface area contributed by atoms with Crippen LogP contribution in [0.15, 0.2) is 24.3 Å². The van der Waals surface area contributed by atoms with E-state index in [9.17, 15) is 4.39 Å². The molecule has 0 radical (unpaired) electrons. The summed E-state index contributed by atoms with van der Waals surface area (Å²) in [5.74, 6) is 0.272. The van der Waals surface area contributed by atoms with Crippen LogP contribution in [-0.4, -0.2) is 38.1 Å². The lowest BCUT2D eigenvalue weighted by Gasteiger charge is -2.24. The van der Waals surface area contributed by atoms with Crippen LogP contribution >= 0.6 is 0 Å². The monoisotopic (exact) mass is 252 g/mol. The summed E-state index contributed by atoms with van der Waals surface area (Å²) in [6, 6.07) is 6.93. The van der Waals surface area contributed by atoms with Gasteiger partial charge in [-0.25, -0.2) is 9.82 Å². The second kappa shape index (κ2) is 6.24. The first kappa shape index (κ1) is 13.4. The van der Waals surface area contributed by atoms with Gasteiger partial charge in [0.2, 0.25) is 0 Å². The van der Waals surface area contributed by atoms with Crippen molar-refractivity contribution in [2.45, 2.75) is 6.04 Å². The van der Waals surface area contributed by atoms with Crippen LogP contribution in [0.3, 0.4) is 0 Å². The molecule has 0 saturated carbocycles. The number of nitrogens with zero attached hydrogens (tertiary/aromatic N) is 1. The van der Waals surface area contributed by atoms with E-state index in [1.165, 1.54) is 12.1 Å². The molecule has 1 aliphatic rings. The van der Waals surface area contributed by atoms with Crippen molar-refractivity contribution in [1.82, 2.24) is 15.8 Å². The molecule has 1 aliphatic heterocycles. The van der Waals surface area contributed by atoms with Crippen molar-refractivity contribution in [2.75, 3.05) is 33.2 Å². The number of halogens is 1. The van der Waals surface area contributed by atoms with E-state index in [1.807, 2.05) is 12.1 Å². The van der Waals surface area contributed by atoms with E-state index < -0.39 is 0 Å². The lowest BCUT2D eigenvalue weighted by molar-refractivity contribution is 0.275. The Kier molecular flexibility index (Phi) is 4.66. The van der Waals surface area contributed by atoms with E-state index in [0.717, 1.165) is 25.2 Å². The molecule has 4 nitrogen and oxygen atoms in total. The Bertz CT molecular complexity index is 368. The number of rotatable bonds is 5. The van der Waals surface area contributed by atoms with Crippen LogP contribution in [0.5, 0.6) is 0 Å². The largest absolute Gasteiger partial charge is 0.329 e. The number of nitrogens with one attached hydrogen (secondary N) is 2. The quantitative estimate of drug-likeness (QED) is 0.713. The van der Waals surface area contributed by atoms with Crippen molar-refractivity contribution in [3.05, 3.63) is 35.6 Å². The van der Waals surface area contributed by atoms with E-state index >= 15 is 0 Å². The van der Waals surface area contributed by atoms with Gasteiger partial charge in [-0.2, -0.15) is 0 Å². The predicted molar refractivity (Wildman–Crippen MR) is 70.3 cm³/mol. The highest BCUT2D eigenvalue weighted by molar-refractivity contribution is 5.21. The van der Waals surface area contributed by atoms with Gasteiger partial charge >= 0.3 is 0 Å². The maximum absolute atomic E-state index is 12.9. The zero-order valence-corrected chi connectivity index (χ0v) is 10.7. The number of nitrogens with two attached hydrogens (primary N) is 1. The average molecular weight is 252 g/mol. The zero-order valence-electron chi connectivity index (χ0n) is 10.7. The van der Waals surface area contributed by atoms with Crippen molar-refractivity contribution >= 4 is 0 Å². The maximum Gasteiger partial charge on any atom is 0.123 e. The number of hydrazine groups is 1. The highest BCUT2D eigenvalue weighted by Gasteiger charge is 2.28. The summed E-state index contributed by atoms with van der Waals surface area (Å²) in [5.41, 5.74) is 13.1. The number of hydrogen-bond acceptors (Lipinski definition) is 4. The molecule has 1 fully saturated rings. The van der Waals surface area contributed by atoms with Crippen LogP contribution in [0.25, 0.3) is 0 Å². The van der Waals surface area contributed by atoms with Gasteiger partial charge in [0.15, 0.2) is 0 Å². The minimum atomic E-state index is -0.193. The van der Waals surface area contributed by atoms with Crippen molar-refractivity contribution in [3.63, 3.8) is 0 Å². The molecule has 18 heavy (non-hydrogen) atoms. The van der Waals surface area contributed by atoms with Gasteiger partial charge in [0, 0.05) is 32.1 Å². The molecular formula is C13H21FN4. The first-order chi connectivity index (χ1) is 8.70. The fourth-order valence-corrected chi connectivity index (χ4v) is 2.44. The summed E-state index contributed by atoms with van der Waals surface area (Å²) in [6.45, 7) is 3.45. The first-order valence-corrected chi connectivity index (χ1v) is 6.33. The molecule has 2 atom stereocenters. The standard InChI is InChI=1S/C13H21FN4/c1-18(7-6-15)9-11-8-16-17-13(11)10-2-4-12(14)5-3-10/h2-5,11,13,16-17H,6-9,15H2,1H3. The molecule has 2 rings (SSSR count). The third-order valence-corrected chi connectivity index (χ3v) is 3.38. The summed E-state index contributed by atoms with van der Waals surface area (Å²) in [6.07, 6.45) is 0. The molecular weight excluding hydrogens is 231 g/mol. The van der Waals surface area contributed by atoms with E-state index in [4.69, 9.17) is 5.73 Å². The van der Waals surface area contributed by atoms with E-state index in [2.05, 4.69) is 22.8 Å². The van der Waals surface area contributed by atoms with Crippen LogP contribution < -0.4 is 16.6 Å². The van der Waals surface area contributed by atoms with Crippen molar-refractivity contribution in [1.29, 1.82) is 0 Å². The maximum atomic E-state index is 12.9. The molecule has 0 spiro atoms. The number of likely N-dealkylation sites (N-methyl/N-ethyl adjacent to an activating group) is 1. The lowest BCUT2D eigenvalue weighted by Crippen LogP contribution is -2.33. The molecule has 0 aromatic heterocycles. The average Bonchev–Trinajstić information content (AvgIpc) is 2.78. The third kappa shape index (κ3) is 3.26. The van der Waals surface area contributed by atoms with Crippen LogP contribution in [-0.2, 0) is 0 Å². The fraction of sp³-hybridized carbons (Fsp3) is 0.538. The number of hydrogen-bond donors (Lipinski definition) is 3. The molecule has 5 heteroatoms. The van der Waals surface area contributed by atoms with Gasteiger partial charge in [-0.1, -0.05) is 12.1 Å². The van der Waals surface area contributed by atoms with Crippen molar-refractivity contribution in [3.8, 4) is 0 Å². The highest BCUT2D eigenvalue weighted by atomic mass is 19.1. The van der Waals surface area contributed by atoms with E-state index in [0.29, 0.717) is 12.5 Å². The smallest absolute Gasteiger partial charge is 0.123 e. The predicted octanol–water partition coefficient (Wildman–Crippen LogP) is 0.481. The van der Waals surface area contributed by atoms with Gasteiger partial charge in [-0.05, 0) is 24.7 Å². The lowest BCUT2D eigenvalue weighted by atomic mass is 9.94. The topological polar surface area (TPSA) is 53.3 Å². The van der Waals surface area contributed by atoms with Gasteiger partial charge < -0.3 is 10.6 Å². The van der Waals surface area contributed by atoms with Crippen LogP contribution in [0.4, 0.5) is 4.39 Å². The Morgan fingerprint density at radius 2 is 2.11 bits per heavy atom. The Morgan fingerprint density at radius 3 is 2.78 bits per heavy atom. The molecule has 1 aromatic carbocycles. The second-order valence-corrected chi connectivity index (χ2v) is 4.87. The van der Waals surface area contributed by atoms with Crippen LogP contribution in [0.1, 0.15) is 11.6 Å². The van der Waals surface area contributed by atoms with Gasteiger partial charge in [-0.3, -0.25) is 5.43 Å². The van der Waals surface area contributed by atoms with Gasteiger partial charge in [0.1, 0.15) is 5.82 Å². The summed E-state index contributed by atoms with van der Waals surface area (Å²) < 4.78 is 12.9. The molecule has 1 saturated heterocycles. The number of benzene rings is 1. The first-order valence-electron chi connectivity index (χ1n) is 6.33. The molecule has 0 aliphatic carbocycles. The molecule has 1 aromatic rings. The van der Waals surface area contributed by atoms with Crippen LogP contribution in [0.2, 0.25) is 0 Å². The van der Waals surface area contributed by atoms with Crippen molar-refractivity contribution in [2.24, 2.45) is 11.7 Å². The molecule has 1 heterocycles. The molecule has 100 valence electrons. The van der Waals surface area contributed by atoms with Crippen molar-refractivity contribution < 1.29 is 4.39 Å². The summed E-state index contributed by atoms with van der Waals surface area (Å²) in [5, 5.41) is 0. The van der Waals surface area contributed by atoms with E-state index in [-0.39, 0.29) is 11.9 Å². The van der Waals surface area contributed by atoms with Gasteiger partial charge in [0.25, 0.3) is 0 Å². The molecule has 0 amide bonds. The highest BCUT2D eigenvalue weighted by Crippen LogP contribution is 2.25. The third-order valence-electron chi connectivity index (χ3n) is 3.38. The Labute approximate surface area is 107 Å². The summed E-state index contributed by atoms with van der Waals surface area (Å²) >= 11 is 0. The SMILES string of the molecule is CN(CCN)CC1CNNC1c1ccc(F)cc1. The fourth-order valence-electron chi connectivity index (χ4n) is 2.44. The van der Waals surface area contributed by atoms with Gasteiger partial charge in [0.05, 0.1) is 6.04 Å². The van der Waals surface area contributed by atoms with Gasteiger partial charge in [-0.15, -0.1) is 0 Å². The van der Waals surface area contributed by atoms with E-state index in [1.54, 1.807) is 0 Å². The minimum Gasteiger partial charge on any atom is -0.329 e. The normalized spacial score (nSPS) is 23.8. The summed E-state index contributed by atoms with van der Waals surface area (Å²) in [4.78, 5) is 2.23. The molecule has 4 N–H and O–H groups in total. The Hall–Kier alpha value is -1.01. The molecule has 2 unspecified atom stereocenters. The second-order valence-electron chi connectivity index (χ2n) is 4.87. The molecule has 0 bridgehead atoms. The zero-order chi connectivity index (χ0) is 13.0. The minimum absolute atomic E-state index is 0.193.